The SMILES string of the molecule is O=S(O)Cc1ccc(CCl)s1. The van der Waals surface area contributed by atoms with Crippen molar-refractivity contribution in [2.24, 2.45) is 0 Å². The van der Waals surface area contributed by atoms with Gasteiger partial charge in [0.05, 0.1) is 11.6 Å². The van der Waals surface area contributed by atoms with Crippen LogP contribution in [0.15, 0.2) is 12.1 Å². The molecule has 0 aliphatic rings. The van der Waals surface area contributed by atoms with E-state index < -0.39 is 11.1 Å². The van der Waals surface area contributed by atoms with Crippen LogP contribution in [-0.4, -0.2) is 8.76 Å². The summed E-state index contributed by atoms with van der Waals surface area (Å²) < 4.78 is 18.9. The van der Waals surface area contributed by atoms with E-state index in [-0.39, 0.29) is 5.75 Å². The van der Waals surface area contributed by atoms with Crippen LogP contribution in [-0.2, 0) is 22.7 Å². The standard InChI is InChI=1S/C6H7ClO2S2/c7-3-5-1-2-6(10-5)4-11(8)9/h1-2H,3-4H2,(H,8,9). The zero-order chi connectivity index (χ0) is 8.27. The van der Waals surface area contributed by atoms with E-state index in [2.05, 4.69) is 0 Å². The molecule has 0 spiro atoms. The maximum atomic E-state index is 10.4. The van der Waals surface area contributed by atoms with Gasteiger partial charge in [0.2, 0.25) is 0 Å². The second kappa shape index (κ2) is 4.21. The van der Waals surface area contributed by atoms with Gasteiger partial charge >= 0.3 is 0 Å². The van der Waals surface area contributed by atoms with Gasteiger partial charge in [-0.15, -0.1) is 22.9 Å². The quantitative estimate of drug-likeness (QED) is 0.614. The highest BCUT2D eigenvalue weighted by Crippen LogP contribution is 2.19. The van der Waals surface area contributed by atoms with Crippen LogP contribution in [0.1, 0.15) is 9.75 Å². The Kier molecular flexibility index (Phi) is 3.51. The molecule has 1 rings (SSSR count). The van der Waals surface area contributed by atoms with E-state index in [4.69, 9.17) is 16.2 Å². The van der Waals surface area contributed by atoms with E-state index in [0.717, 1.165) is 9.75 Å². The second-order valence-electron chi connectivity index (χ2n) is 1.97. The van der Waals surface area contributed by atoms with Gasteiger partial charge in [-0.25, -0.2) is 4.21 Å². The lowest BCUT2D eigenvalue weighted by molar-refractivity contribution is 0.564. The molecule has 0 radical (unpaired) electrons. The highest BCUT2D eigenvalue weighted by molar-refractivity contribution is 7.78. The van der Waals surface area contributed by atoms with Crippen molar-refractivity contribution in [3.05, 3.63) is 21.9 Å². The second-order valence-corrected chi connectivity index (χ2v) is 4.42. The molecule has 0 aliphatic carbocycles. The summed E-state index contributed by atoms with van der Waals surface area (Å²) in [6.07, 6.45) is 0. The average molecular weight is 211 g/mol. The Balaban J connectivity index is 2.65. The molecule has 1 aromatic heterocycles. The number of hydrogen-bond donors (Lipinski definition) is 1. The number of halogens is 1. The number of thiophene rings is 1. The molecule has 0 aliphatic heterocycles. The predicted molar refractivity (Wildman–Crippen MR) is 48.4 cm³/mol. The van der Waals surface area contributed by atoms with E-state index >= 15 is 0 Å². The minimum absolute atomic E-state index is 0.210. The molecule has 0 amide bonds. The fourth-order valence-electron chi connectivity index (χ4n) is 0.693. The van der Waals surface area contributed by atoms with Crippen LogP contribution < -0.4 is 0 Å². The van der Waals surface area contributed by atoms with Gasteiger partial charge in [-0.1, -0.05) is 0 Å². The van der Waals surface area contributed by atoms with E-state index in [0.29, 0.717) is 5.88 Å². The van der Waals surface area contributed by atoms with Crippen LogP contribution in [0.4, 0.5) is 0 Å². The predicted octanol–water partition coefficient (Wildman–Crippen LogP) is 2.21. The lowest BCUT2D eigenvalue weighted by Gasteiger charge is -1.88. The molecule has 2 nitrogen and oxygen atoms in total. The van der Waals surface area contributed by atoms with Crippen LogP contribution in [0, 0.1) is 0 Å². The molecule has 0 saturated heterocycles. The van der Waals surface area contributed by atoms with Crippen molar-refractivity contribution in [1.29, 1.82) is 0 Å². The first-order chi connectivity index (χ1) is 5.22. The molecule has 1 heterocycles. The van der Waals surface area contributed by atoms with E-state index in [1.165, 1.54) is 11.3 Å². The summed E-state index contributed by atoms with van der Waals surface area (Å²) >= 11 is 5.29. The van der Waals surface area contributed by atoms with Crippen molar-refractivity contribution in [3.63, 3.8) is 0 Å². The molecule has 5 heteroatoms. The third-order valence-corrected chi connectivity index (χ3v) is 3.39. The Bertz CT molecular complexity index is 259. The van der Waals surface area contributed by atoms with E-state index in [1.807, 2.05) is 12.1 Å². The normalized spacial score (nSPS) is 13.3. The Labute approximate surface area is 76.5 Å². The lowest BCUT2D eigenvalue weighted by Crippen LogP contribution is -1.88. The Morgan fingerprint density at radius 1 is 1.55 bits per heavy atom. The minimum Gasteiger partial charge on any atom is -0.306 e. The van der Waals surface area contributed by atoms with Crippen LogP contribution >= 0.6 is 22.9 Å². The van der Waals surface area contributed by atoms with Gasteiger partial charge in [0.1, 0.15) is 0 Å². The van der Waals surface area contributed by atoms with Gasteiger partial charge in [-0.2, -0.15) is 0 Å². The van der Waals surface area contributed by atoms with Gasteiger partial charge < -0.3 is 4.55 Å². The molecule has 0 saturated carbocycles. The molecule has 11 heavy (non-hydrogen) atoms. The summed E-state index contributed by atoms with van der Waals surface area (Å²) in [5.41, 5.74) is 0. The summed E-state index contributed by atoms with van der Waals surface area (Å²) in [5.74, 6) is 0.685. The average Bonchev–Trinajstić information content (AvgIpc) is 2.34. The molecular formula is C6H7ClO2S2. The largest absolute Gasteiger partial charge is 0.306 e. The highest BCUT2D eigenvalue weighted by atomic mass is 35.5. The van der Waals surface area contributed by atoms with Crippen molar-refractivity contribution in [3.8, 4) is 0 Å². The van der Waals surface area contributed by atoms with Gasteiger partial charge in [-0.05, 0) is 12.1 Å². The van der Waals surface area contributed by atoms with Crippen molar-refractivity contribution >= 4 is 34.0 Å². The Morgan fingerprint density at radius 2 is 2.18 bits per heavy atom. The monoisotopic (exact) mass is 210 g/mol. The van der Waals surface area contributed by atoms with Crippen molar-refractivity contribution in [2.75, 3.05) is 0 Å². The van der Waals surface area contributed by atoms with Gasteiger partial charge in [0.15, 0.2) is 11.1 Å². The maximum Gasteiger partial charge on any atom is 0.158 e. The molecule has 0 fully saturated rings. The summed E-state index contributed by atoms with van der Waals surface area (Å²) in [6, 6.07) is 3.70. The number of hydrogen-bond acceptors (Lipinski definition) is 2. The molecule has 0 bridgehead atoms. The van der Waals surface area contributed by atoms with Crippen LogP contribution in [0.3, 0.4) is 0 Å². The Morgan fingerprint density at radius 3 is 2.64 bits per heavy atom. The minimum atomic E-state index is -1.74. The van der Waals surface area contributed by atoms with E-state index in [9.17, 15) is 4.21 Å². The number of alkyl halides is 1. The lowest BCUT2D eigenvalue weighted by atomic mass is 10.5. The molecule has 1 atom stereocenters. The number of rotatable bonds is 3. The van der Waals surface area contributed by atoms with Crippen LogP contribution in [0.5, 0.6) is 0 Å². The highest BCUT2D eigenvalue weighted by Gasteiger charge is 2.01. The maximum absolute atomic E-state index is 10.4. The molecule has 0 aromatic carbocycles. The van der Waals surface area contributed by atoms with Gasteiger partial charge in [0, 0.05) is 9.75 Å². The smallest absolute Gasteiger partial charge is 0.158 e. The molecular weight excluding hydrogens is 204 g/mol. The molecule has 1 N–H and O–H groups in total. The third-order valence-electron chi connectivity index (χ3n) is 1.11. The first kappa shape index (κ1) is 9.19. The first-order valence-corrected chi connectivity index (χ1v) is 5.56. The summed E-state index contributed by atoms with van der Waals surface area (Å²) in [7, 11) is 0. The summed E-state index contributed by atoms with van der Waals surface area (Å²) in [6.45, 7) is 0. The molecule has 62 valence electrons. The van der Waals surface area contributed by atoms with Crippen LogP contribution in [0.25, 0.3) is 0 Å². The topological polar surface area (TPSA) is 37.3 Å². The third kappa shape index (κ3) is 2.91. The summed E-state index contributed by atoms with van der Waals surface area (Å²) in [4.78, 5) is 1.94. The zero-order valence-corrected chi connectivity index (χ0v) is 8.01. The first-order valence-electron chi connectivity index (χ1n) is 2.93. The zero-order valence-electron chi connectivity index (χ0n) is 5.62. The van der Waals surface area contributed by atoms with E-state index in [1.54, 1.807) is 0 Å². The van der Waals surface area contributed by atoms with Gasteiger partial charge in [-0.3, -0.25) is 0 Å². The Hall–Kier alpha value is 0.1000. The molecule has 1 unspecified atom stereocenters. The van der Waals surface area contributed by atoms with Crippen molar-refractivity contribution in [2.45, 2.75) is 11.6 Å². The molecule has 1 aromatic rings. The van der Waals surface area contributed by atoms with Crippen molar-refractivity contribution < 1.29 is 8.76 Å². The fraction of sp³-hybridized carbons (Fsp3) is 0.333. The van der Waals surface area contributed by atoms with Crippen molar-refractivity contribution in [1.82, 2.24) is 0 Å². The summed E-state index contributed by atoms with van der Waals surface area (Å²) in [5, 5.41) is 0. The van der Waals surface area contributed by atoms with Gasteiger partial charge in [0.25, 0.3) is 0 Å². The van der Waals surface area contributed by atoms with Crippen LogP contribution in [0.2, 0.25) is 0 Å². The fourth-order valence-corrected chi connectivity index (χ4v) is 2.49.